The Morgan fingerprint density at radius 3 is 2.60 bits per heavy atom. The minimum Gasteiger partial charge on any atom is -0.382 e. The fraction of sp³-hybridized carbons (Fsp3) is 0.348. The van der Waals surface area contributed by atoms with Gasteiger partial charge in [0.1, 0.15) is 0 Å². The van der Waals surface area contributed by atoms with Crippen molar-refractivity contribution in [3.8, 4) is 0 Å². The van der Waals surface area contributed by atoms with Crippen molar-refractivity contribution in [3.63, 3.8) is 0 Å². The second-order valence-corrected chi connectivity index (χ2v) is 7.08. The number of hydrogen-bond donors (Lipinski definition) is 2. The molecule has 2 aromatic rings. The van der Waals surface area contributed by atoms with Crippen molar-refractivity contribution in [2.24, 2.45) is 5.92 Å². The van der Waals surface area contributed by atoms with Crippen molar-refractivity contribution in [1.29, 1.82) is 0 Å². The molecular weight excluding hydrogens is 382 g/mol. The highest BCUT2D eigenvalue weighted by Crippen LogP contribution is 2.26. The number of nitrogens with one attached hydrogen (secondary N) is 2. The number of nitrogens with zero attached hydrogens (tertiary/aromatic N) is 1. The Morgan fingerprint density at radius 2 is 1.83 bits per heavy atom. The van der Waals surface area contributed by atoms with Crippen LogP contribution in [0.25, 0.3) is 0 Å². The Labute approximate surface area is 176 Å². The zero-order valence-electron chi connectivity index (χ0n) is 17.1. The smallest absolute Gasteiger partial charge is 0.253 e. The molecule has 0 saturated carbocycles. The first-order valence-corrected chi connectivity index (χ1v) is 10.2. The molecule has 30 heavy (non-hydrogen) atoms. The molecule has 7 nitrogen and oxygen atoms in total. The third-order valence-corrected chi connectivity index (χ3v) is 4.95. The van der Waals surface area contributed by atoms with Crippen LogP contribution in [0, 0.1) is 5.92 Å². The van der Waals surface area contributed by atoms with Gasteiger partial charge in [-0.25, -0.2) is 0 Å². The molecule has 1 fully saturated rings. The van der Waals surface area contributed by atoms with Crippen molar-refractivity contribution in [2.75, 3.05) is 36.5 Å². The molecule has 3 rings (SSSR count). The minimum atomic E-state index is -0.472. The van der Waals surface area contributed by atoms with Crippen LogP contribution < -0.4 is 15.5 Å². The molecule has 1 heterocycles. The maximum absolute atomic E-state index is 12.8. The standard InChI is InChI=1S/C23H27N3O4/c1-2-30-14-8-13-24-23(29)19-11-6-7-12-20(19)25-22(28)17-15-21(27)26(16-17)18-9-4-3-5-10-18/h3-7,9-12,17H,2,8,13-16H2,1H3,(H,24,29)(H,25,28)/t17-/m0/s1. The van der Waals surface area contributed by atoms with E-state index in [1.165, 1.54) is 0 Å². The summed E-state index contributed by atoms with van der Waals surface area (Å²) < 4.78 is 5.26. The molecule has 1 aliphatic rings. The van der Waals surface area contributed by atoms with Gasteiger partial charge in [0.15, 0.2) is 0 Å². The van der Waals surface area contributed by atoms with E-state index in [1.54, 1.807) is 29.2 Å². The van der Waals surface area contributed by atoms with E-state index in [0.29, 0.717) is 44.0 Å². The molecule has 1 atom stereocenters. The molecule has 1 saturated heterocycles. The van der Waals surface area contributed by atoms with E-state index < -0.39 is 5.92 Å². The topological polar surface area (TPSA) is 87.7 Å². The van der Waals surface area contributed by atoms with E-state index in [-0.39, 0.29) is 24.1 Å². The van der Waals surface area contributed by atoms with Crippen molar-refractivity contribution in [2.45, 2.75) is 19.8 Å². The molecule has 0 spiro atoms. The average Bonchev–Trinajstić information content (AvgIpc) is 3.16. The first-order valence-electron chi connectivity index (χ1n) is 10.2. The average molecular weight is 409 g/mol. The fourth-order valence-electron chi connectivity index (χ4n) is 3.38. The number of benzene rings is 2. The second kappa shape index (κ2) is 10.5. The van der Waals surface area contributed by atoms with Gasteiger partial charge in [-0.15, -0.1) is 0 Å². The third-order valence-electron chi connectivity index (χ3n) is 4.95. The number of carbonyl (C=O) groups is 3. The van der Waals surface area contributed by atoms with Gasteiger partial charge >= 0.3 is 0 Å². The lowest BCUT2D eigenvalue weighted by Crippen LogP contribution is -2.30. The number of para-hydroxylation sites is 2. The summed E-state index contributed by atoms with van der Waals surface area (Å²) in [6, 6.07) is 16.2. The predicted molar refractivity (Wildman–Crippen MR) is 115 cm³/mol. The molecule has 0 aliphatic carbocycles. The van der Waals surface area contributed by atoms with Gasteiger partial charge in [0.05, 0.1) is 17.2 Å². The lowest BCUT2D eigenvalue weighted by molar-refractivity contribution is -0.122. The van der Waals surface area contributed by atoms with E-state index in [0.717, 1.165) is 5.69 Å². The molecule has 1 aliphatic heterocycles. The van der Waals surface area contributed by atoms with Crippen LogP contribution >= 0.6 is 0 Å². The van der Waals surface area contributed by atoms with Gasteiger partial charge in [-0.2, -0.15) is 0 Å². The molecule has 0 unspecified atom stereocenters. The summed E-state index contributed by atoms with van der Waals surface area (Å²) in [6.07, 6.45) is 0.861. The minimum absolute atomic E-state index is 0.0818. The molecule has 0 bridgehead atoms. The Balaban J connectivity index is 1.60. The monoisotopic (exact) mass is 409 g/mol. The summed E-state index contributed by atoms with van der Waals surface area (Å²) in [5.41, 5.74) is 1.62. The highest BCUT2D eigenvalue weighted by molar-refractivity contribution is 6.07. The normalized spacial score (nSPS) is 15.8. The Kier molecular flexibility index (Phi) is 7.57. The molecule has 3 amide bonds. The highest BCUT2D eigenvalue weighted by atomic mass is 16.5. The van der Waals surface area contributed by atoms with Crippen molar-refractivity contribution in [3.05, 3.63) is 60.2 Å². The SMILES string of the molecule is CCOCCCNC(=O)c1ccccc1NC(=O)[C@H]1CC(=O)N(c2ccccc2)C1. The third kappa shape index (κ3) is 5.45. The van der Waals surface area contributed by atoms with Gasteiger partial charge in [-0.1, -0.05) is 30.3 Å². The van der Waals surface area contributed by atoms with Crippen LogP contribution in [0.1, 0.15) is 30.1 Å². The number of hydrogen-bond acceptors (Lipinski definition) is 4. The Morgan fingerprint density at radius 1 is 1.10 bits per heavy atom. The van der Waals surface area contributed by atoms with Crippen LogP contribution in [-0.4, -0.2) is 44.0 Å². The summed E-state index contributed by atoms with van der Waals surface area (Å²) in [5.74, 6) is -1.07. The lowest BCUT2D eigenvalue weighted by atomic mass is 10.1. The second-order valence-electron chi connectivity index (χ2n) is 7.08. The predicted octanol–water partition coefficient (Wildman–Crippen LogP) is 2.83. The van der Waals surface area contributed by atoms with Crippen molar-refractivity contribution in [1.82, 2.24) is 5.32 Å². The van der Waals surface area contributed by atoms with Crippen LogP contribution in [0.15, 0.2) is 54.6 Å². The number of anilines is 2. The lowest BCUT2D eigenvalue weighted by Gasteiger charge is -2.17. The quantitative estimate of drug-likeness (QED) is 0.624. The summed E-state index contributed by atoms with van der Waals surface area (Å²) in [6.45, 7) is 3.97. The van der Waals surface area contributed by atoms with Gasteiger partial charge < -0.3 is 20.3 Å². The molecule has 0 radical (unpaired) electrons. The maximum atomic E-state index is 12.8. The van der Waals surface area contributed by atoms with E-state index in [2.05, 4.69) is 10.6 Å². The van der Waals surface area contributed by atoms with Gasteiger partial charge in [0, 0.05) is 38.4 Å². The first kappa shape index (κ1) is 21.5. The Bertz CT molecular complexity index is 885. The molecule has 2 aromatic carbocycles. The summed E-state index contributed by atoms with van der Waals surface area (Å²) >= 11 is 0. The summed E-state index contributed by atoms with van der Waals surface area (Å²) in [5, 5.41) is 5.68. The maximum Gasteiger partial charge on any atom is 0.253 e. The molecule has 7 heteroatoms. The number of amides is 3. The molecule has 2 N–H and O–H groups in total. The highest BCUT2D eigenvalue weighted by Gasteiger charge is 2.35. The number of ether oxygens (including phenoxy) is 1. The van der Waals surface area contributed by atoms with Crippen LogP contribution in [0.2, 0.25) is 0 Å². The van der Waals surface area contributed by atoms with Crippen LogP contribution in [0.3, 0.4) is 0 Å². The van der Waals surface area contributed by atoms with Gasteiger partial charge in [-0.05, 0) is 37.6 Å². The molecule has 0 aromatic heterocycles. The van der Waals surface area contributed by atoms with E-state index in [9.17, 15) is 14.4 Å². The van der Waals surface area contributed by atoms with E-state index in [1.807, 2.05) is 37.3 Å². The Hall–Kier alpha value is -3.19. The number of rotatable bonds is 9. The summed E-state index contributed by atoms with van der Waals surface area (Å²) in [7, 11) is 0. The zero-order chi connectivity index (χ0) is 21.3. The van der Waals surface area contributed by atoms with Crippen LogP contribution in [-0.2, 0) is 14.3 Å². The van der Waals surface area contributed by atoms with Gasteiger partial charge in [0.2, 0.25) is 11.8 Å². The van der Waals surface area contributed by atoms with Gasteiger partial charge in [-0.3, -0.25) is 14.4 Å². The molecule has 158 valence electrons. The zero-order valence-corrected chi connectivity index (χ0v) is 17.1. The molecular formula is C23H27N3O4. The first-order chi connectivity index (χ1) is 14.6. The van der Waals surface area contributed by atoms with Crippen LogP contribution in [0.5, 0.6) is 0 Å². The van der Waals surface area contributed by atoms with E-state index >= 15 is 0 Å². The van der Waals surface area contributed by atoms with Crippen molar-refractivity contribution >= 4 is 29.1 Å². The number of carbonyl (C=O) groups excluding carboxylic acids is 3. The van der Waals surface area contributed by atoms with E-state index in [4.69, 9.17) is 4.74 Å². The van der Waals surface area contributed by atoms with Gasteiger partial charge in [0.25, 0.3) is 5.91 Å². The largest absolute Gasteiger partial charge is 0.382 e. The van der Waals surface area contributed by atoms with Crippen molar-refractivity contribution < 1.29 is 19.1 Å². The van der Waals surface area contributed by atoms with Crippen LogP contribution in [0.4, 0.5) is 11.4 Å². The summed E-state index contributed by atoms with van der Waals surface area (Å²) in [4.78, 5) is 39.3. The fourth-order valence-corrected chi connectivity index (χ4v) is 3.38.